The van der Waals surface area contributed by atoms with E-state index in [2.05, 4.69) is 0 Å². The molecule has 0 aromatic rings. The van der Waals surface area contributed by atoms with Crippen molar-refractivity contribution in [3.63, 3.8) is 0 Å². The van der Waals surface area contributed by atoms with Crippen molar-refractivity contribution in [3.8, 4) is 0 Å². The number of nitrogens with two attached hydrogens (primary N) is 1. The zero-order chi connectivity index (χ0) is 7.44. The minimum Gasteiger partial charge on any atom is -0.369 e. The first kappa shape index (κ1) is 8.43. The van der Waals surface area contributed by atoms with Crippen LogP contribution in [0.25, 0.3) is 0 Å². The van der Waals surface area contributed by atoms with Crippen LogP contribution in [-0.2, 0) is 4.79 Å². The Morgan fingerprint density at radius 1 is 1.56 bits per heavy atom. The number of nitrogens with zero attached hydrogens (tertiary/aromatic N) is 1. The summed E-state index contributed by atoms with van der Waals surface area (Å²) >= 11 is 0. The van der Waals surface area contributed by atoms with Gasteiger partial charge in [0.1, 0.15) is 0 Å². The molecule has 0 bridgehead atoms. The van der Waals surface area contributed by atoms with Crippen molar-refractivity contribution in [2.45, 2.75) is 6.92 Å². The molecule has 3 heteroatoms. The van der Waals surface area contributed by atoms with Gasteiger partial charge in [-0.3, -0.25) is 4.79 Å². The third kappa shape index (κ3) is 3.97. The maximum absolute atomic E-state index is 10.4. The maximum Gasteiger partial charge on any atom is 0.225 e. The van der Waals surface area contributed by atoms with E-state index in [0.717, 1.165) is 0 Å². The van der Waals surface area contributed by atoms with Crippen LogP contribution in [0.15, 0.2) is 0 Å². The van der Waals surface area contributed by atoms with E-state index >= 15 is 0 Å². The van der Waals surface area contributed by atoms with Crippen LogP contribution >= 0.6 is 0 Å². The normalized spacial score (nSPS) is 10.8. The van der Waals surface area contributed by atoms with Gasteiger partial charge in [0.25, 0.3) is 0 Å². The predicted octanol–water partition coefficient (Wildman–Crippen LogP) is -0.372. The van der Waals surface area contributed by atoms with Gasteiger partial charge in [-0.05, 0) is 21.0 Å². The monoisotopic (exact) mass is 129 g/mol. The first-order chi connectivity index (χ1) is 4.04. The van der Waals surface area contributed by atoms with Crippen molar-refractivity contribution in [3.05, 3.63) is 5.92 Å². The van der Waals surface area contributed by atoms with Crippen molar-refractivity contribution in [2.75, 3.05) is 20.6 Å². The maximum atomic E-state index is 10.4. The fourth-order valence-electron chi connectivity index (χ4n) is 0.552. The summed E-state index contributed by atoms with van der Waals surface area (Å²) in [6.45, 7) is 2.39. The van der Waals surface area contributed by atoms with E-state index in [1.807, 2.05) is 19.0 Å². The highest BCUT2D eigenvalue weighted by Gasteiger charge is 2.09. The Kier molecular flexibility index (Phi) is 3.24. The average molecular weight is 129 g/mol. The fourth-order valence-corrected chi connectivity index (χ4v) is 0.552. The van der Waals surface area contributed by atoms with Crippen molar-refractivity contribution in [1.29, 1.82) is 0 Å². The molecule has 0 saturated heterocycles. The van der Waals surface area contributed by atoms with E-state index in [-0.39, 0.29) is 5.91 Å². The molecule has 0 atom stereocenters. The standard InChI is InChI=1S/C6H13N2O/c1-5(6(7)9)4-8(2)3/h4H2,1-3H3,(H2,7,9). The highest BCUT2D eigenvalue weighted by atomic mass is 16.1. The summed E-state index contributed by atoms with van der Waals surface area (Å²) in [5.74, 6) is 0.378. The lowest BCUT2D eigenvalue weighted by Gasteiger charge is -2.12. The van der Waals surface area contributed by atoms with Crippen LogP contribution in [-0.4, -0.2) is 31.4 Å². The van der Waals surface area contributed by atoms with Gasteiger partial charge in [-0.1, -0.05) is 0 Å². The molecule has 1 radical (unpaired) electrons. The Labute approximate surface area is 55.8 Å². The molecule has 0 fully saturated rings. The summed E-state index contributed by atoms with van der Waals surface area (Å²) in [6.07, 6.45) is 0. The van der Waals surface area contributed by atoms with Crippen LogP contribution in [0, 0.1) is 5.92 Å². The van der Waals surface area contributed by atoms with E-state index in [4.69, 9.17) is 5.73 Å². The zero-order valence-corrected chi connectivity index (χ0v) is 6.14. The second-order valence-corrected chi connectivity index (χ2v) is 2.38. The largest absolute Gasteiger partial charge is 0.369 e. The summed E-state index contributed by atoms with van der Waals surface area (Å²) in [4.78, 5) is 12.3. The Hall–Kier alpha value is -0.570. The molecule has 0 rings (SSSR count). The Balaban J connectivity index is 3.50. The van der Waals surface area contributed by atoms with Gasteiger partial charge < -0.3 is 10.6 Å². The molecule has 0 aliphatic rings. The molecule has 2 N–H and O–H groups in total. The molecule has 9 heavy (non-hydrogen) atoms. The molecular formula is C6H13N2O. The van der Waals surface area contributed by atoms with E-state index in [0.29, 0.717) is 12.5 Å². The molecule has 0 aliphatic carbocycles. The van der Waals surface area contributed by atoms with Crippen LogP contribution in [0.4, 0.5) is 0 Å². The van der Waals surface area contributed by atoms with E-state index in [9.17, 15) is 4.79 Å². The molecule has 3 nitrogen and oxygen atoms in total. The molecular weight excluding hydrogens is 116 g/mol. The first-order valence-corrected chi connectivity index (χ1v) is 2.81. The number of hydrogen-bond acceptors (Lipinski definition) is 2. The van der Waals surface area contributed by atoms with Crippen molar-refractivity contribution >= 4 is 5.91 Å². The quantitative estimate of drug-likeness (QED) is 0.565. The van der Waals surface area contributed by atoms with Crippen LogP contribution in [0.5, 0.6) is 0 Å². The first-order valence-electron chi connectivity index (χ1n) is 2.81. The third-order valence-electron chi connectivity index (χ3n) is 0.974. The molecule has 0 aromatic heterocycles. The third-order valence-corrected chi connectivity index (χ3v) is 0.974. The lowest BCUT2D eigenvalue weighted by atomic mass is 10.2. The SMILES string of the molecule is C[C](CN(C)C)C(N)=O. The van der Waals surface area contributed by atoms with E-state index in [1.165, 1.54) is 0 Å². The second kappa shape index (κ2) is 3.45. The minimum absolute atomic E-state index is 0.316. The lowest BCUT2D eigenvalue weighted by molar-refractivity contribution is -0.116. The molecule has 0 spiro atoms. The molecule has 1 amide bonds. The summed E-state index contributed by atoms with van der Waals surface area (Å²) in [6, 6.07) is 0. The zero-order valence-electron chi connectivity index (χ0n) is 6.14. The smallest absolute Gasteiger partial charge is 0.225 e. The van der Waals surface area contributed by atoms with Gasteiger partial charge >= 0.3 is 0 Å². The molecule has 53 valence electrons. The average Bonchev–Trinajstić information content (AvgIpc) is 1.63. The van der Waals surface area contributed by atoms with Crippen LogP contribution in [0.2, 0.25) is 0 Å². The second-order valence-electron chi connectivity index (χ2n) is 2.38. The number of carbonyl (C=O) groups excluding carboxylic acids is 1. The molecule has 0 heterocycles. The van der Waals surface area contributed by atoms with Crippen LogP contribution in [0.1, 0.15) is 6.92 Å². The van der Waals surface area contributed by atoms with E-state index in [1.54, 1.807) is 6.92 Å². The topological polar surface area (TPSA) is 46.3 Å². The summed E-state index contributed by atoms with van der Waals surface area (Å²) in [7, 11) is 3.79. The molecule has 0 unspecified atom stereocenters. The van der Waals surface area contributed by atoms with Crippen LogP contribution < -0.4 is 5.73 Å². The Morgan fingerprint density at radius 3 is 2.11 bits per heavy atom. The molecule has 0 saturated carbocycles. The molecule has 0 aliphatic heterocycles. The number of hydrogen-bond donors (Lipinski definition) is 1. The van der Waals surface area contributed by atoms with Crippen molar-refractivity contribution in [1.82, 2.24) is 4.90 Å². The fraction of sp³-hybridized carbons (Fsp3) is 0.667. The van der Waals surface area contributed by atoms with Crippen molar-refractivity contribution < 1.29 is 4.79 Å². The molecule has 0 aromatic carbocycles. The van der Waals surface area contributed by atoms with Gasteiger partial charge in [-0.2, -0.15) is 0 Å². The van der Waals surface area contributed by atoms with Gasteiger partial charge in [0.2, 0.25) is 5.91 Å². The Bertz CT molecular complexity index is 101. The highest BCUT2D eigenvalue weighted by molar-refractivity contribution is 5.88. The lowest BCUT2D eigenvalue weighted by Crippen LogP contribution is -2.28. The number of carbonyl (C=O) groups is 1. The van der Waals surface area contributed by atoms with E-state index < -0.39 is 0 Å². The minimum atomic E-state index is -0.316. The Morgan fingerprint density at radius 2 is 2.00 bits per heavy atom. The highest BCUT2D eigenvalue weighted by Crippen LogP contribution is 1.95. The van der Waals surface area contributed by atoms with Gasteiger partial charge in [-0.15, -0.1) is 0 Å². The summed E-state index contributed by atoms with van der Waals surface area (Å²) < 4.78 is 0. The number of primary amides is 1. The van der Waals surface area contributed by atoms with Crippen molar-refractivity contribution in [2.24, 2.45) is 5.73 Å². The summed E-state index contributed by atoms with van der Waals surface area (Å²) in [5, 5.41) is 0. The summed E-state index contributed by atoms with van der Waals surface area (Å²) in [5.41, 5.74) is 4.98. The predicted molar refractivity (Wildman–Crippen MR) is 36.7 cm³/mol. The van der Waals surface area contributed by atoms with Gasteiger partial charge in [0.05, 0.1) is 5.92 Å². The number of amides is 1. The number of rotatable bonds is 3. The van der Waals surface area contributed by atoms with Gasteiger partial charge in [0.15, 0.2) is 0 Å². The van der Waals surface area contributed by atoms with Crippen LogP contribution in [0.3, 0.4) is 0 Å². The van der Waals surface area contributed by atoms with Gasteiger partial charge in [0, 0.05) is 6.54 Å². The van der Waals surface area contributed by atoms with Gasteiger partial charge in [-0.25, -0.2) is 0 Å².